The zero-order valence-corrected chi connectivity index (χ0v) is 66.3. The second kappa shape index (κ2) is 51.4. The van der Waals surface area contributed by atoms with Crippen molar-refractivity contribution in [2.24, 2.45) is 0 Å². The largest absolute Gasteiger partial charge is 0.394 e. The smallest absolute Gasteiger partial charge is 0.224 e. The molecule has 10 aliphatic rings. The lowest BCUT2D eigenvalue weighted by Crippen LogP contribution is -2.67. The third kappa shape index (κ3) is 27.2. The summed E-state index contributed by atoms with van der Waals surface area (Å²) >= 11 is 0. The van der Waals surface area contributed by atoms with Gasteiger partial charge >= 0.3 is 0 Å². The summed E-state index contributed by atoms with van der Waals surface area (Å²) in [5.41, 5.74) is 0. The zero-order chi connectivity index (χ0) is 96.4. The molecule has 0 aromatic carbocycles. The molecule has 10 heterocycles. The highest BCUT2D eigenvalue weighted by Crippen LogP contribution is 2.39. The molecule has 10 aliphatic heterocycles. The van der Waals surface area contributed by atoms with E-state index < -0.39 is 404 Å². The van der Waals surface area contributed by atoms with Crippen LogP contribution in [-0.4, -0.2) is 640 Å². The van der Waals surface area contributed by atoms with Crippen molar-refractivity contribution in [1.82, 2.24) is 0 Å². The molecule has 127 heavy (non-hydrogen) atoms. The van der Waals surface area contributed by atoms with E-state index in [-0.39, 0.29) is 6.29 Å². The van der Waals surface area contributed by atoms with Gasteiger partial charge in [-0.05, 0) is 0 Å². The van der Waals surface area contributed by atoms with Crippen molar-refractivity contribution in [1.29, 1.82) is 0 Å². The summed E-state index contributed by atoms with van der Waals surface area (Å²) in [6.07, 6.45) is -75.5. The van der Waals surface area contributed by atoms with Crippen molar-refractivity contribution >= 4 is 6.29 Å². The van der Waals surface area contributed by atoms with E-state index in [4.69, 9.17) is 137 Å². The Morgan fingerprint density at radius 3 is 1.01 bits per heavy atom. The quantitative estimate of drug-likeness (QED) is 0.0340. The highest BCUT2D eigenvalue weighted by atomic mass is 16.8. The van der Waals surface area contributed by atoms with Gasteiger partial charge in [-0.3, -0.25) is 0 Å². The molecule has 752 valence electrons. The minimum atomic E-state index is -2.38. The van der Waals surface area contributed by atoms with E-state index in [2.05, 4.69) is 0 Å². The van der Waals surface area contributed by atoms with Gasteiger partial charge in [0.2, 0.25) is 17.4 Å². The van der Waals surface area contributed by atoms with Crippen molar-refractivity contribution in [3.63, 3.8) is 0 Å². The first-order valence-electron chi connectivity index (χ1n) is 38.6. The fourth-order valence-electron chi connectivity index (χ4n) is 13.4. The predicted octanol–water partition coefficient (Wildman–Crippen LogP) is -30.4. The van der Waals surface area contributed by atoms with Crippen molar-refractivity contribution < 1.29 is 306 Å². The Hall–Kier alpha value is -2.73. The summed E-state index contributed by atoms with van der Waals surface area (Å²) < 4.78 is 76.3. The Morgan fingerprint density at radius 1 is 0.315 bits per heavy atom. The second-order valence-corrected chi connectivity index (χ2v) is 30.2. The molecule has 61 nitrogen and oxygen atoms in total. The number of aliphatic hydroxyl groups is 45. The zero-order valence-electron chi connectivity index (χ0n) is 66.3. The number of carbonyl (C=O) groups excluding carboxylic acids is 1. The van der Waals surface area contributed by atoms with E-state index >= 15 is 0 Å². The van der Waals surface area contributed by atoms with Crippen LogP contribution in [0, 0.1) is 0 Å². The number of aliphatic hydroxyl groups excluding tert-OH is 43. The number of carbonyl (C=O) groups is 1. The van der Waals surface area contributed by atoms with E-state index in [1.165, 1.54) is 0 Å². The lowest BCUT2D eigenvalue weighted by molar-refractivity contribution is -0.387. The maximum atomic E-state index is 10.1. The Kier molecular flexibility index (Phi) is 46.5. The van der Waals surface area contributed by atoms with Crippen molar-refractivity contribution in [3.05, 3.63) is 0 Å². The molecule has 10 saturated heterocycles. The molecule has 0 amide bonds. The second-order valence-electron chi connectivity index (χ2n) is 30.2. The Bertz CT molecular complexity index is 3020. The Morgan fingerprint density at radius 2 is 0.661 bits per heavy atom. The van der Waals surface area contributed by atoms with Gasteiger partial charge in [0.25, 0.3) is 0 Å². The minimum Gasteiger partial charge on any atom is -0.394 e. The molecular formula is C66H122O61. The normalized spacial score (nSPS) is 48.6. The van der Waals surface area contributed by atoms with Crippen molar-refractivity contribution in [2.45, 2.75) is 312 Å². The van der Waals surface area contributed by atoms with E-state index in [1.54, 1.807) is 0 Å². The first-order chi connectivity index (χ1) is 59.5. The first kappa shape index (κ1) is 115. The minimum absolute atomic E-state index is 0.0258. The molecule has 51 unspecified atom stereocenters. The third-order valence-corrected chi connectivity index (χ3v) is 21.5. The summed E-state index contributed by atoms with van der Waals surface area (Å²) in [6, 6.07) is 0. The monoisotopic (exact) mass is 1890 g/mol. The SMILES string of the molecule is O=CC(O)C(O)C(O)C(O)CO.OCC1OC(OC2(CO)OC(CO)C(O)C2O)C(O)C(O)C1O.OCC1OC(OC2C(CO)OC(O)C(O)C2O)C(O)C(O)C1O.OCC1OC(OC2C(O)C(O)COC2(O)CO)C(O)C(O)C1O.OCC1OC(OC2OC(CO)C(O)C(O)C2O)C(O)C(O)C1O.OCC1OC(OCC2OC(O)(CO)C(O)C2O)C(O)C(O)C1O. The van der Waals surface area contributed by atoms with Gasteiger partial charge in [0.05, 0.1) is 85.9 Å². The van der Waals surface area contributed by atoms with Crippen LogP contribution in [0.2, 0.25) is 0 Å². The van der Waals surface area contributed by atoms with E-state index in [9.17, 15) is 168 Å². The van der Waals surface area contributed by atoms with Gasteiger partial charge < -0.3 is 306 Å². The maximum Gasteiger partial charge on any atom is 0.224 e. The molecule has 0 aliphatic carbocycles. The summed E-state index contributed by atoms with van der Waals surface area (Å²) in [4.78, 5) is 9.90. The van der Waals surface area contributed by atoms with Crippen LogP contribution < -0.4 is 0 Å². The van der Waals surface area contributed by atoms with Crippen molar-refractivity contribution in [2.75, 3.05) is 92.5 Å². The topological polar surface area (TPSA) is 1070 Å². The average Bonchev–Trinajstić information content (AvgIpc) is 1.71. The van der Waals surface area contributed by atoms with Gasteiger partial charge in [-0.1, -0.05) is 0 Å². The van der Waals surface area contributed by atoms with Crippen LogP contribution >= 0.6 is 0 Å². The first-order valence-corrected chi connectivity index (χ1v) is 38.6. The molecule has 51 atom stereocenters. The van der Waals surface area contributed by atoms with Crippen molar-refractivity contribution in [3.8, 4) is 0 Å². The van der Waals surface area contributed by atoms with Crippen LogP contribution in [0.1, 0.15) is 0 Å². The number of rotatable bonds is 27. The predicted molar refractivity (Wildman–Crippen MR) is 380 cm³/mol. The van der Waals surface area contributed by atoms with Crippen LogP contribution in [0.4, 0.5) is 0 Å². The molecule has 0 aromatic rings. The van der Waals surface area contributed by atoms with Gasteiger partial charge in [-0.25, -0.2) is 0 Å². The molecule has 0 aromatic heterocycles. The van der Waals surface area contributed by atoms with Crippen LogP contribution in [-0.2, 0) is 75.8 Å². The van der Waals surface area contributed by atoms with Gasteiger partial charge in [-0.15, -0.1) is 0 Å². The van der Waals surface area contributed by atoms with Crippen LogP contribution in [0.5, 0.6) is 0 Å². The standard InChI is InChI=1S/5C12H22O11.C6H12O6/c13-1-5-7(17)8(18)9(19)11(22-5)23-10-6(16)4(15)2-21-12(10,20)3-14;13-1-4-6(15)8(17)9(18)11(22-4)21-2-5-7(16)10(19)12(20,3-14)23-5;13-1-4-6(16)8(18)9(19)11(21-4)23-12(3-15)10(20)7(17)5(2-14)22-12;13-1-3-5(15)6(16)9(19)12(22-3)23-10-4(2-14)21-11(20)8(18)7(10)17;13-1-3-5(15)7(17)9(19)11(21-3)23-12-10(20)8(18)6(16)4(2-14)22-12;7-1-3(9)5(11)6(12)4(10)2-8/h3*4-11,13-20H,1-3H2;2*3-20H,1-2H2;1,3-6,8-12H,2H2. The lowest BCUT2D eigenvalue weighted by atomic mass is 9.96. The van der Waals surface area contributed by atoms with Gasteiger partial charge in [0.1, 0.15) is 257 Å². The summed E-state index contributed by atoms with van der Waals surface area (Å²) in [5.74, 6) is -6.94. The number of aldehydes is 1. The third-order valence-electron chi connectivity index (χ3n) is 21.5. The lowest BCUT2D eigenvalue weighted by Gasteiger charge is -2.47. The van der Waals surface area contributed by atoms with E-state index in [0.717, 1.165) is 0 Å². The molecular weight excluding hydrogens is 1770 g/mol. The summed E-state index contributed by atoms with van der Waals surface area (Å²) in [7, 11) is 0. The molecule has 10 fully saturated rings. The molecule has 0 saturated carbocycles. The fourth-order valence-corrected chi connectivity index (χ4v) is 13.4. The van der Waals surface area contributed by atoms with Crippen LogP contribution in [0.25, 0.3) is 0 Å². The average molecular weight is 1890 g/mol. The van der Waals surface area contributed by atoms with Gasteiger partial charge in [-0.2, -0.15) is 0 Å². The number of hydrogen-bond acceptors (Lipinski definition) is 61. The molecule has 61 heteroatoms. The fraction of sp³-hybridized carbons (Fsp3) is 0.985. The van der Waals surface area contributed by atoms with E-state index in [1.807, 2.05) is 0 Å². The highest BCUT2D eigenvalue weighted by Gasteiger charge is 2.61. The molecule has 10 rings (SSSR count). The number of hydrogen-bond donors (Lipinski definition) is 45. The molecule has 0 bridgehead atoms. The summed E-state index contributed by atoms with van der Waals surface area (Å²) in [5, 5.41) is 426. The molecule has 0 spiro atoms. The van der Waals surface area contributed by atoms with Crippen LogP contribution in [0.3, 0.4) is 0 Å². The molecule has 45 N–H and O–H groups in total. The Balaban J connectivity index is 0.000000273. The Labute approximate surface area is 714 Å². The van der Waals surface area contributed by atoms with Crippen LogP contribution in [0.15, 0.2) is 0 Å². The number of ether oxygens (including phenoxy) is 15. The van der Waals surface area contributed by atoms with Gasteiger partial charge in [0.15, 0.2) is 50.3 Å². The molecule has 0 radical (unpaired) electrons. The van der Waals surface area contributed by atoms with E-state index in [0.29, 0.717) is 0 Å². The summed E-state index contributed by atoms with van der Waals surface area (Å²) in [6.45, 7) is -9.96. The van der Waals surface area contributed by atoms with Gasteiger partial charge in [0, 0.05) is 0 Å². The maximum absolute atomic E-state index is 10.1. The highest BCUT2D eigenvalue weighted by molar-refractivity contribution is 5.56.